The molecule has 0 spiro atoms. The molecule has 2 aromatic rings. The molecule has 1 atom stereocenters. The van der Waals surface area contributed by atoms with Gasteiger partial charge in [0.05, 0.1) is 5.69 Å². The molecule has 1 aromatic carbocycles. The highest BCUT2D eigenvalue weighted by Gasteiger charge is 2.11. The van der Waals surface area contributed by atoms with Crippen LogP contribution in [0.5, 0.6) is 0 Å². The third-order valence-electron chi connectivity index (χ3n) is 5.36. The Bertz CT molecular complexity index is 992. The van der Waals surface area contributed by atoms with Crippen molar-refractivity contribution >= 4 is 11.1 Å². The lowest BCUT2D eigenvalue weighted by Crippen LogP contribution is -2.02. The monoisotopic (exact) mass is 460 g/mol. The second-order valence-electron chi connectivity index (χ2n) is 8.61. The molecule has 1 fully saturated rings. The molecule has 3 heteroatoms. The summed E-state index contributed by atoms with van der Waals surface area (Å²) < 4.78 is 5.06. The number of rotatable bonds is 6. The summed E-state index contributed by atoms with van der Waals surface area (Å²) in [4.78, 5) is 6.91. The second-order valence-corrected chi connectivity index (χ2v) is 8.61. The van der Waals surface area contributed by atoms with Gasteiger partial charge in [0.2, 0.25) is 0 Å². The van der Waals surface area contributed by atoms with Gasteiger partial charge in [0.1, 0.15) is 0 Å². The maximum atomic E-state index is 5.06. The summed E-state index contributed by atoms with van der Waals surface area (Å²) >= 11 is 0. The van der Waals surface area contributed by atoms with E-state index in [9.17, 15) is 0 Å². The van der Waals surface area contributed by atoms with Crippen molar-refractivity contribution < 1.29 is 4.74 Å². The van der Waals surface area contributed by atoms with Crippen LogP contribution in [0.3, 0.4) is 0 Å². The summed E-state index contributed by atoms with van der Waals surface area (Å²) in [7, 11) is 4.03. The number of benzene rings is 1. The highest BCUT2D eigenvalue weighted by atomic mass is 16.5. The first-order chi connectivity index (χ1) is 16.3. The van der Waals surface area contributed by atoms with Gasteiger partial charge in [-0.25, -0.2) is 0 Å². The molecule has 1 aromatic heterocycles. The van der Waals surface area contributed by atoms with E-state index in [1.807, 2.05) is 64.9 Å². The smallest absolute Gasteiger partial charge is 0.0734 e. The number of pyridine rings is 1. The van der Waals surface area contributed by atoms with Gasteiger partial charge in [-0.15, -0.1) is 0 Å². The van der Waals surface area contributed by atoms with E-state index in [1.165, 1.54) is 6.42 Å². The predicted molar refractivity (Wildman–Crippen MR) is 151 cm³/mol. The third-order valence-corrected chi connectivity index (χ3v) is 5.36. The highest BCUT2D eigenvalue weighted by molar-refractivity contribution is 5.79. The minimum absolute atomic E-state index is 0.824. The highest BCUT2D eigenvalue weighted by Crippen LogP contribution is 2.29. The maximum Gasteiger partial charge on any atom is 0.0734 e. The van der Waals surface area contributed by atoms with Crippen molar-refractivity contribution in [3.8, 4) is 11.3 Å². The molecular weight excluding hydrogens is 416 g/mol. The van der Waals surface area contributed by atoms with Gasteiger partial charge in [-0.05, 0) is 67.5 Å². The largest absolute Gasteiger partial charge is 0.383 e. The molecule has 0 amide bonds. The van der Waals surface area contributed by atoms with Crippen LogP contribution in [0, 0.1) is 19.8 Å². The first-order valence-electron chi connectivity index (χ1n) is 12.3. The molecule has 0 bridgehead atoms. The summed E-state index contributed by atoms with van der Waals surface area (Å²) in [6, 6.07) is 10.6. The van der Waals surface area contributed by atoms with Crippen molar-refractivity contribution in [2.45, 2.75) is 48.0 Å². The molecule has 1 saturated heterocycles. The molecule has 1 aliphatic heterocycles. The van der Waals surface area contributed by atoms with E-state index >= 15 is 0 Å². The number of aromatic nitrogens is 1. The maximum absolute atomic E-state index is 5.06. The summed E-state index contributed by atoms with van der Waals surface area (Å²) in [5.74, 6) is 0.824. The molecule has 0 saturated carbocycles. The van der Waals surface area contributed by atoms with Crippen molar-refractivity contribution in [1.82, 2.24) is 9.88 Å². The minimum atomic E-state index is 0.824. The number of allylic oxidation sites excluding steroid dienone is 5. The van der Waals surface area contributed by atoms with Crippen LogP contribution in [0.15, 0.2) is 67.9 Å². The van der Waals surface area contributed by atoms with E-state index in [0.717, 1.165) is 63.9 Å². The lowest BCUT2D eigenvalue weighted by atomic mass is 9.97. The molecule has 2 heterocycles. The normalized spacial score (nSPS) is 15.2. The number of aryl methyl sites for hydroxylation is 2. The zero-order chi connectivity index (χ0) is 25.7. The van der Waals surface area contributed by atoms with Crippen LogP contribution >= 0.6 is 0 Å². The Labute approximate surface area is 208 Å². The zero-order valence-corrected chi connectivity index (χ0v) is 22.6. The van der Waals surface area contributed by atoms with Crippen LogP contribution in [0.2, 0.25) is 0 Å². The summed E-state index contributed by atoms with van der Waals surface area (Å²) in [5.41, 5.74) is 8.56. The molecule has 1 aliphatic rings. The number of ether oxygens (including phenoxy) is 1. The van der Waals surface area contributed by atoms with Gasteiger partial charge in [0.15, 0.2) is 0 Å². The van der Waals surface area contributed by atoms with E-state index < -0.39 is 0 Å². The van der Waals surface area contributed by atoms with E-state index in [4.69, 9.17) is 9.72 Å². The molecule has 0 aliphatic carbocycles. The van der Waals surface area contributed by atoms with Crippen LogP contribution in [-0.2, 0) is 4.74 Å². The Morgan fingerprint density at radius 2 is 1.88 bits per heavy atom. The standard InChI is InChI=1S/C24H28N2.C5H10O.C2H6/c1-8-11-17(3)23-14-18(4)24(25-19(23)5)22-13-10-12-21(15-22)20(9-2)16-26(6)7;1-5-2-3-6-4-5;1-2/h8-16H,2-3H2,1,4-7H3;5H,2-4H2,1H3;1-2H3/b11-8-,20-16+;;. The van der Waals surface area contributed by atoms with Crippen molar-refractivity contribution in [1.29, 1.82) is 0 Å². The second kappa shape index (κ2) is 15.1. The number of nitrogens with zero attached hydrogens (tertiary/aromatic N) is 2. The lowest BCUT2D eigenvalue weighted by molar-refractivity contribution is 0.188. The summed E-state index contributed by atoms with van der Waals surface area (Å²) in [5, 5.41) is 0. The zero-order valence-electron chi connectivity index (χ0n) is 22.6. The Hall–Kier alpha value is -2.91. The van der Waals surface area contributed by atoms with Crippen molar-refractivity contribution in [3.05, 3.63) is 90.3 Å². The molecular formula is C31H44N2O. The van der Waals surface area contributed by atoms with Gasteiger partial charge >= 0.3 is 0 Å². The Morgan fingerprint density at radius 1 is 1.18 bits per heavy atom. The quantitative estimate of drug-likeness (QED) is 0.407. The Morgan fingerprint density at radius 3 is 2.38 bits per heavy atom. The van der Waals surface area contributed by atoms with Crippen molar-refractivity contribution in [3.63, 3.8) is 0 Å². The van der Waals surface area contributed by atoms with Crippen LogP contribution in [0.1, 0.15) is 56.5 Å². The average Bonchev–Trinajstić information content (AvgIpc) is 3.31. The number of hydrogen-bond donors (Lipinski definition) is 0. The van der Waals surface area contributed by atoms with E-state index in [1.54, 1.807) is 0 Å². The van der Waals surface area contributed by atoms with Crippen LogP contribution in [0.25, 0.3) is 22.4 Å². The van der Waals surface area contributed by atoms with Gasteiger partial charge in [0, 0.05) is 50.3 Å². The molecule has 0 N–H and O–H groups in total. The Balaban J connectivity index is 0.000000615. The molecule has 1 unspecified atom stereocenters. The Kier molecular flexibility index (Phi) is 12.9. The van der Waals surface area contributed by atoms with E-state index in [-0.39, 0.29) is 0 Å². The molecule has 184 valence electrons. The van der Waals surface area contributed by atoms with Crippen LogP contribution < -0.4 is 0 Å². The average molecular weight is 461 g/mol. The minimum Gasteiger partial charge on any atom is -0.383 e. The summed E-state index contributed by atoms with van der Waals surface area (Å²) in [6.45, 7) is 22.4. The van der Waals surface area contributed by atoms with Crippen LogP contribution in [-0.4, -0.2) is 37.2 Å². The first-order valence-corrected chi connectivity index (χ1v) is 12.3. The van der Waals surface area contributed by atoms with Gasteiger partial charge in [-0.2, -0.15) is 0 Å². The fourth-order valence-corrected chi connectivity index (χ4v) is 3.64. The summed E-state index contributed by atoms with van der Waals surface area (Å²) in [6.07, 6.45) is 9.24. The van der Waals surface area contributed by atoms with Gasteiger partial charge in [-0.3, -0.25) is 4.98 Å². The molecule has 0 radical (unpaired) electrons. The predicted octanol–water partition coefficient (Wildman–Crippen LogP) is 8.11. The van der Waals surface area contributed by atoms with Gasteiger partial charge in [-0.1, -0.05) is 70.4 Å². The van der Waals surface area contributed by atoms with Crippen molar-refractivity contribution in [2.75, 3.05) is 27.3 Å². The van der Waals surface area contributed by atoms with Crippen molar-refractivity contribution in [2.24, 2.45) is 5.92 Å². The molecule has 3 nitrogen and oxygen atoms in total. The van der Waals surface area contributed by atoms with Gasteiger partial charge in [0.25, 0.3) is 0 Å². The fraction of sp³-hybridized carbons (Fsp3) is 0.387. The topological polar surface area (TPSA) is 25.4 Å². The first kappa shape index (κ1) is 29.1. The number of hydrogen-bond acceptors (Lipinski definition) is 3. The SMILES string of the molecule is C=C/C(=C\N(C)C)c1cccc(-c2nc(C)c(C(=C)/C=C\C)cc2C)c1.CC.CC1CCOC1. The lowest BCUT2D eigenvalue weighted by Gasteiger charge is -2.14. The van der Waals surface area contributed by atoms with E-state index in [2.05, 4.69) is 63.5 Å². The third kappa shape index (κ3) is 8.79. The molecule has 3 rings (SSSR count). The molecule has 34 heavy (non-hydrogen) atoms. The van der Waals surface area contributed by atoms with E-state index in [0.29, 0.717) is 0 Å². The van der Waals surface area contributed by atoms with Crippen LogP contribution in [0.4, 0.5) is 0 Å². The van der Waals surface area contributed by atoms with Gasteiger partial charge < -0.3 is 9.64 Å². The fourth-order valence-electron chi connectivity index (χ4n) is 3.64.